The van der Waals surface area contributed by atoms with Gasteiger partial charge in [0, 0.05) is 37.4 Å². The fourth-order valence-corrected chi connectivity index (χ4v) is 5.63. The first-order valence-electron chi connectivity index (χ1n) is 9.32. The second kappa shape index (κ2) is 7.85. The summed E-state index contributed by atoms with van der Waals surface area (Å²) in [5.74, 6) is -0.663. The zero-order valence-electron chi connectivity index (χ0n) is 16.4. The Bertz CT molecular complexity index is 1260. The van der Waals surface area contributed by atoms with E-state index in [1.807, 2.05) is 0 Å². The molecule has 0 spiro atoms. The van der Waals surface area contributed by atoms with E-state index in [1.165, 1.54) is 27.2 Å². The molecule has 1 aliphatic heterocycles. The molecule has 0 N–H and O–H groups in total. The summed E-state index contributed by atoms with van der Waals surface area (Å²) < 4.78 is 34.0. The number of rotatable bonds is 4. The Balaban J connectivity index is 1.71. The minimum Gasteiger partial charge on any atom is -0.418 e. The molecule has 0 amide bonds. The molecule has 0 radical (unpaired) electrons. The first-order chi connectivity index (χ1) is 14.2. The summed E-state index contributed by atoms with van der Waals surface area (Å²) in [5, 5.41) is 1.12. The molecule has 0 bridgehead atoms. The number of halogens is 2. The van der Waals surface area contributed by atoms with Crippen LogP contribution in [0.3, 0.4) is 0 Å². The lowest BCUT2D eigenvalue weighted by Gasteiger charge is -2.13. The van der Waals surface area contributed by atoms with E-state index in [2.05, 4.69) is 4.98 Å². The van der Waals surface area contributed by atoms with Crippen LogP contribution in [0.1, 0.15) is 29.0 Å². The highest BCUT2D eigenvalue weighted by Gasteiger charge is 2.30. The zero-order valence-corrected chi connectivity index (χ0v) is 18.7. The van der Waals surface area contributed by atoms with Gasteiger partial charge in [0.25, 0.3) is 0 Å². The number of aryl methyl sites for hydroxylation is 2. The Hall–Kier alpha value is -2.13. The molecule has 1 saturated heterocycles. The maximum atomic E-state index is 12.9. The van der Waals surface area contributed by atoms with Crippen LogP contribution in [0.4, 0.5) is 0 Å². The fourth-order valence-electron chi connectivity index (χ4n) is 3.49. The van der Waals surface area contributed by atoms with E-state index in [0.717, 1.165) is 12.8 Å². The van der Waals surface area contributed by atoms with Crippen LogP contribution in [0.25, 0.3) is 10.9 Å². The van der Waals surface area contributed by atoms with Gasteiger partial charge in [-0.1, -0.05) is 23.2 Å². The smallest absolute Gasteiger partial charge is 0.360 e. The maximum Gasteiger partial charge on any atom is 0.360 e. The zero-order chi connectivity index (χ0) is 21.6. The van der Waals surface area contributed by atoms with E-state index >= 15 is 0 Å². The van der Waals surface area contributed by atoms with E-state index in [1.54, 1.807) is 26.1 Å². The predicted molar refractivity (Wildman–Crippen MR) is 115 cm³/mol. The van der Waals surface area contributed by atoms with Crippen LogP contribution >= 0.6 is 23.2 Å². The molecule has 158 valence electrons. The van der Waals surface area contributed by atoms with Gasteiger partial charge in [-0.15, -0.1) is 0 Å². The first-order valence-corrected chi connectivity index (χ1v) is 11.5. The van der Waals surface area contributed by atoms with Gasteiger partial charge in [0.05, 0.1) is 10.0 Å². The molecule has 0 atom stereocenters. The van der Waals surface area contributed by atoms with E-state index in [-0.39, 0.29) is 21.4 Å². The van der Waals surface area contributed by atoms with Gasteiger partial charge in [0.15, 0.2) is 5.75 Å². The van der Waals surface area contributed by atoms with Crippen molar-refractivity contribution in [1.29, 1.82) is 0 Å². The molecule has 0 saturated carbocycles. The summed E-state index contributed by atoms with van der Waals surface area (Å²) in [6.07, 6.45) is 3.07. The molecule has 1 aromatic carbocycles. The molecule has 30 heavy (non-hydrogen) atoms. The van der Waals surface area contributed by atoms with E-state index in [4.69, 9.17) is 27.9 Å². The molecular formula is C20H19Cl2N3O4S. The van der Waals surface area contributed by atoms with E-state index in [9.17, 15) is 13.2 Å². The number of ether oxygens (including phenoxy) is 1. The SMILES string of the molecule is Cc1ccc2c(Cl)cc(Cl)c(OC(=O)c3cc(S(=O)(=O)N4CCCC4)cn3C)c2n1. The van der Waals surface area contributed by atoms with Gasteiger partial charge in [0.2, 0.25) is 10.0 Å². The van der Waals surface area contributed by atoms with E-state index in [0.29, 0.717) is 34.7 Å². The average Bonchev–Trinajstić information content (AvgIpc) is 3.35. The highest BCUT2D eigenvalue weighted by Crippen LogP contribution is 2.37. The van der Waals surface area contributed by atoms with Crippen molar-refractivity contribution in [2.24, 2.45) is 7.05 Å². The number of pyridine rings is 1. The number of benzene rings is 1. The standard InChI is InChI=1S/C20H19Cl2N3O4S/c1-12-5-6-14-15(21)10-16(22)19(18(14)23-12)29-20(26)17-9-13(11-24(17)2)30(27,28)25-7-3-4-8-25/h5-6,9-11H,3-4,7-8H2,1-2H3. The maximum absolute atomic E-state index is 12.9. The van der Waals surface area contributed by atoms with Gasteiger partial charge in [-0.3, -0.25) is 0 Å². The lowest BCUT2D eigenvalue weighted by Crippen LogP contribution is -2.27. The Labute approximate surface area is 184 Å². The highest BCUT2D eigenvalue weighted by atomic mass is 35.5. The molecule has 1 fully saturated rings. The number of nitrogens with zero attached hydrogens (tertiary/aromatic N) is 3. The van der Waals surface area contributed by atoms with Gasteiger partial charge in [-0.25, -0.2) is 18.2 Å². The number of sulfonamides is 1. The Kier molecular flexibility index (Phi) is 5.52. The third kappa shape index (κ3) is 3.69. The van der Waals surface area contributed by atoms with Crippen LogP contribution in [-0.2, 0) is 17.1 Å². The van der Waals surface area contributed by atoms with Crippen LogP contribution in [0.15, 0.2) is 35.4 Å². The molecule has 1 aliphatic rings. The van der Waals surface area contributed by atoms with Gasteiger partial charge >= 0.3 is 5.97 Å². The van der Waals surface area contributed by atoms with Crippen LogP contribution in [-0.4, -0.2) is 41.3 Å². The van der Waals surface area contributed by atoms with Crippen LogP contribution < -0.4 is 4.74 Å². The minimum absolute atomic E-state index is 0.0554. The number of aromatic nitrogens is 2. The van der Waals surface area contributed by atoms with Crippen molar-refractivity contribution in [3.8, 4) is 5.75 Å². The summed E-state index contributed by atoms with van der Waals surface area (Å²) in [6, 6.07) is 6.37. The summed E-state index contributed by atoms with van der Waals surface area (Å²) >= 11 is 12.5. The molecule has 0 aliphatic carbocycles. The number of carbonyl (C=O) groups is 1. The molecule has 3 heterocycles. The number of hydrogen-bond donors (Lipinski definition) is 0. The monoisotopic (exact) mass is 467 g/mol. The van der Waals surface area contributed by atoms with Gasteiger partial charge < -0.3 is 9.30 Å². The van der Waals surface area contributed by atoms with Crippen LogP contribution in [0.5, 0.6) is 5.75 Å². The van der Waals surface area contributed by atoms with Crippen LogP contribution in [0, 0.1) is 6.92 Å². The van der Waals surface area contributed by atoms with Crippen molar-refractivity contribution >= 4 is 50.1 Å². The van der Waals surface area contributed by atoms with Crippen molar-refractivity contribution < 1.29 is 17.9 Å². The Morgan fingerprint density at radius 1 is 1.13 bits per heavy atom. The molecule has 7 nitrogen and oxygen atoms in total. The molecule has 4 rings (SSSR count). The lowest BCUT2D eigenvalue weighted by atomic mass is 10.2. The van der Waals surface area contributed by atoms with Gasteiger partial charge in [-0.2, -0.15) is 4.31 Å². The molecule has 10 heteroatoms. The predicted octanol–water partition coefficient (Wildman–Crippen LogP) is 4.19. The average molecular weight is 468 g/mol. The number of hydrogen-bond acceptors (Lipinski definition) is 5. The summed E-state index contributed by atoms with van der Waals surface area (Å²) in [4.78, 5) is 17.4. The second-order valence-corrected chi connectivity index (χ2v) is 9.94. The quantitative estimate of drug-likeness (QED) is 0.424. The van der Waals surface area contributed by atoms with Crippen molar-refractivity contribution in [2.75, 3.05) is 13.1 Å². The topological polar surface area (TPSA) is 81.5 Å². The normalized spacial score (nSPS) is 15.1. The Morgan fingerprint density at radius 2 is 1.83 bits per heavy atom. The number of esters is 1. The summed E-state index contributed by atoms with van der Waals surface area (Å²) in [7, 11) is -2.07. The lowest BCUT2D eigenvalue weighted by molar-refractivity contribution is 0.0727. The third-order valence-electron chi connectivity index (χ3n) is 5.06. The van der Waals surface area contributed by atoms with Crippen molar-refractivity contribution in [1.82, 2.24) is 13.9 Å². The summed E-state index contributed by atoms with van der Waals surface area (Å²) in [5.41, 5.74) is 1.15. The largest absolute Gasteiger partial charge is 0.418 e. The highest BCUT2D eigenvalue weighted by molar-refractivity contribution is 7.89. The van der Waals surface area contributed by atoms with Crippen molar-refractivity contribution in [3.63, 3.8) is 0 Å². The number of carbonyl (C=O) groups excluding carboxylic acids is 1. The third-order valence-corrected chi connectivity index (χ3v) is 7.52. The number of fused-ring (bicyclic) bond motifs is 1. The molecular weight excluding hydrogens is 449 g/mol. The molecule has 0 unspecified atom stereocenters. The van der Waals surface area contributed by atoms with Gasteiger partial charge in [-0.05, 0) is 44.0 Å². The Morgan fingerprint density at radius 3 is 2.53 bits per heavy atom. The van der Waals surface area contributed by atoms with Gasteiger partial charge in [0.1, 0.15) is 16.1 Å². The molecule has 3 aromatic rings. The molecule has 2 aromatic heterocycles. The van der Waals surface area contributed by atoms with Crippen molar-refractivity contribution in [2.45, 2.75) is 24.7 Å². The van der Waals surface area contributed by atoms with Crippen molar-refractivity contribution in [3.05, 3.63) is 51.9 Å². The fraction of sp³-hybridized carbons (Fsp3) is 0.300. The summed E-state index contributed by atoms with van der Waals surface area (Å²) in [6.45, 7) is 2.76. The first kappa shape index (κ1) is 21.1. The second-order valence-electron chi connectivity index (χ2n) is 7.19. The van der Waals surface area contributed by atoms with Crippen LogP contribution in [0.2, 0.25) is 10.0 Å². The minimum atomic E-state index is -3.65. The van der Waals surface area contributed by atoms with E-state index < -0.39 is 16.0 Å².